The molecule has 1 aromatic rings. The van der Waals surface area contributed by atoms with E-state index in [9.17, 15) is 18.5 Å². The normalized spacial score (nSPS) is 20.8. The maximum absolute atomic E-state index is 12.5. The molecule has 110 valence electrons. The first-order valence-electron chi connectivity index (χ1n) is 6.31. The van der Waals surface area contributed by atoms with E-state index in [0.29, 0.717) is 25.2 Å². The number of nitrogens with one attached hydrogen (secondary N) is 1. The van der Waals surface area contributed by atoms with Gasteiger partial charge in [0.15, 0.2) is 0 Å². The van der Waals surface area contributed by atoms with E-state index in [0.717, 1.165) is 0 Å². The molecule has 1 unspecified atom stereocenters. The van der Waals surface area contributed by atoms with E-state index < -0.39 is 14.9 Å². The van der Waals surface area contributed by atoms with Crippen molar-refractivity contribution in [3.63, 3.8) is 0 Å². The van der Waals surface area contributed by atoms with Gasteiger partial charge in [-0.25, -0.2) is 8.42 Å². The van der Waals surface area contributed by atoms with E-state index in [1.54, 1.807) is 0 Å². The Labute approximate surface area is 117 Å². The minimum absolute atomic E-state index is 0.0716. The molecule has 8 heteroatoms. The van der Waals surface area contributed by atoms with E-state index >= 15 is 0 Å². The molecule has 0 spiro atoms. The molecule has 7 nitrogen and oxygen atoms in total. The number of nitro benzene ring substituents is 1. The number of benzene rings is 1. The van der Waals surface area contributed by atoms with Crippen molar-refractivity contribution >= 4 is 15.7 Å². The van der Waals surface area contributed by atoms with Crippen LogP contribution >= 0.6 is 0 Å². The first kappa shape index (κ1) is 14.9. The van der Waals surface area contributed by atoms with Gasteiger partial charge in [-0.05, 0) is 26.0 Å². The van der Waals surface area contributed by atoms with Gasteiger partial charge in [-0.15, -0.1) is 0 Å². The molecule has 1 atom stereocenters. The van der Waals surface area contributed by atoms with Crippen molar-refractivity contribution in [2.45, 2.75) is 24.8 Å². The third kappa shape index (κ3) is 2.82. The summed E-state index contributed by atoms with van der Waals surface area (Å²) in [6, 6.07) is 4.00. The Hall–Kier alpha value is -1.51. The van der Waals surface area contributed by atoms with Crippen LogP contribution < -0.4 is 5.32 Å². The monoisotopic (exact) mass is 299 g/mol. The highest BCUT2D eigenvalue weighted by molar-refractivity contribution is 7.89. The fourth-order valence-corrected chi connectivity index (χ4v) is 3.87. The minimum Gasteiger partial charge on any atom is -0.312 e. The molecule has 0 aromatic heterocycles. The largest absolute Gasteiger partial charge is 0.312 e. The summed E-state index contributed by atoms with van der Waals surface area (Å²) in [5.41, 5.74) is 0.275. The average molecular weight is 299 g/mol. The van der Waals surface area contributed by atoms with Crippen LogP contribution in [-0.4, -0.2) is 43.3 Å². The minimum atomic E-state index is -3.59. The van der Waals surface area contributed by atoms with Gasteiger partial charge >= 0.3 is 0 Å². The van der Waals surface area contributed by atoms with Crippen molar-refractivity contribution in [3.8, 4) is 0 Å². The number of hydrogen-bond donors (Lipinski definition) is 1. The first-order valence-corrected chi connectivity index (χ1v) is 7.75. The molecule has 1 aliphatic heterocycles. The van der Waals surface area contributed by atoms with Gasteiger partial charge < -0.3 is 5.32 Å². The number of rotatable bonds is 3. The number of nitro groups is 1. The van der Waals surface area contributed by atoms with Crippen LogP contribution in [-0.2, 0) is 10.0 Å². The maximum Gasteiger partial charge on any atom is 0.272 e. The number of sulfonamides is 1. The summed E-state index contributed by atoms with van der Waals surface area (Å²) < 4.78 is 26.4. The van der Waals surface area contributed by atoms with Crippen molar-refractivity contribution in [1.82, 2.24) is 9.62 Å². The van der Waals surface area contributed by atoms with Gasteiger partial charge in [0.05, 0.1) is 9.82 Å². The molecule has 1 aliphatic rings. The molecule has 2 rings (SSSR count). The fourth-order valence-electron chi connectivity index (χ4n) is 2.26. The topological polar surface area (TPSA) is 92.6 Å². The number of aryl methyl sites for hydroxylation is 1. The third-order valence-corrected chi connectivity index (χ3v) is 5.20. The highest BCUT2D eigenvalue weighted by Gasteiger charge is 2.29. The van der Waals surface area contributed by atoms with Crippen LogP contribution in [0.4, 0.5) is 5.69 Å². The summed E-state index contributed by atoms with van der Waals surface area (Å²) in [5.74, 6) is 0. The van der Waals surface area contributed by atoms with Crippen molar-refractivity contribution in [3.05, 3.63) is 33.9 Å². The molecule has 0 saturated carbocycles. The van der Waals surface area contributed by atoms with Crippen LogP contribution in [0.15, 0.2) is 23.1 Å². The third-order valence-electron chi connectivity index (χ3n) is 3.33. The maximum atomic E-state index is 12.5. The van der Waals surface area contributed by atoms with E-state index in [4.69, 9.17) is 0 Å². The van der Waals surface area contributed by atoms with Gasteiger partial charge in [0, 0.05) is 37.3 Å². The second kappa shape index (κ2) is 5.47. The Kier molecular flexibility index (Phi) is 4.07. The quantitative estimate of drug-likeness (QED) is 0.661. The fraction of sp³-hybridized carbons (Fsp3) is 0.500. The van der Waals surface area contributed by atoms with Crippen molar-refractivity contribution < 1.29 is 13.3 Å². The van der Waals surface area contributed by atoms with Gasteiger partial charge in [0.25, 0.3) is 5.69 Å². The predicted molar refractivity (Wildman–Crippen MR) is 74.1 cm³/mol. The van der Waals surface area contributed by atoms with Gasteiger partial charge in [-0.2, -0.15) is 4.31 Å². The van der Waals surface area contributed by atoms with Crippen LogP contribution in [0.25, 0.3) is 0 Å². The first-order chi connectivity index (χ1) is 9.32. The summed E-state index contributed by atoms with van der Waals surface area (Å²) in [6.07, 6.45) is 0. The zero-order chi connectivity index (χ0) is 14.9. The molecule has 1 aromatic carbocycles. The number of hydrogen-bond acceptors (Lipinski definition) is 5. The molecule has 1 N–H and O–H groups in total. The molecule has 1 saturated heterocycles. The van der Waals surface area contributed by atoms with Crippen LogP contribution in [0.5, 0.6) is 0 Å². The van der Waals surface area contributed by atoms with Crippen LogP contribution in [0.1, 0.15) is 12.5 Å². The van der Waals surface area contributed by atoms with Crippen molar-refractivity contribution in [2.24, 2.45) is 0 Å². The zero-order valence-electron chi connectivity index (χ0n) is 11.4. The lowest BCUT2D eigenvalue weighted by molar-refractivity contribution is -0.385. The zero-order valence-corrected chi connectivity index (χ0v) is 12.2. The van der Waals surface area contributed by atoms with Gasteiger partial charge in [-0.1, -0.05) is 0 Å². The smallest absolute Gasteiger partial charge is 0.272 e. The SMILES string of the molecule is Cc1cc(S(=O)(=O)N2CCNC(C)C2)ccc1[N+](=O)[O-]. The summed E-state index contributed by atoms with van der Waals surface area (Å²) in [4.78, 5) is 10.4. The number of piperazine rings is 1. The lowest BCUT2D eigenvalue weighted by Crippen LogP contribution is -2.51. The lowest BCUT2D eigenvalue weighted by Gasteiger charge is -2.31. The standard InChI is InChI=1S/C12H17N3O4S/c1-9-7-11(3-4-12(9)15(16)17)20(18,19)14-6-5-13-10(2)8-14/h3-4,7,10,13H,5-6,8H2,1-2H3. The molecular weight excluding hydrogens is 282 g/mol. The summed E-state index contributed by atoms with van der Waals surface area (Å²) >= 11 is 0. The molecule has 0 radical (unpaired) electrons. The van der Waals surface area contributed by atoms with Crippen LogP contribution in [0.3, 0.4) is 0 Å². The van der Waals surface area contributed by atoms with E-state index in [1.807, 2.05) is 6.92 Å². The Morgan fingerprint density at radius 1 is 1.45 bits per heavy atom. The van der Waals surface area contributed by atoms with Crippen molar-refractivity contribution in [1.29, 1.82) is 0 Å². The predicted octanol–water partition coefficient (Wildman–Crippen LogP) is 0.886. The van der Waals surface area contributed by atoms with Gasteiger partial charge in [0.2, 0.25) is 10.0 Å². The van der Waals surface area contributed by atoms with Gasteiger partial charge in [0.1, 0.15) is 0 Å². The molecule has 0 aliphatic carbocycles. The Morgan fingerprint density at radius 3 is 2.70 bits per heavy atom. The van der Waals surface area contributed by atoms with Gasteiger partial charge in [-0.3, -0.25) is 10.1 Å². The average Bonchev–Trinajstić information content (AvgIpc) is 2.38. The molecule has 0 amide bonds. The highest BCUT2D eigenvalue weighted by Crippen LogP contribution is 2.24. The van der Waals surface area contributed by atoms with E-state index in [1.165, 1.54) is 29.4 Å². The number of nitrogens with zero attached hydrogens (tertiary/aromatic N) is 2. The Bertz CT molecular complexity index is 630. The van der Waals surface area contributed by atoms with Crippen LogP contribution in [0, 0.1) is 17.0 Å². The lowest BCUT2D eigenvalue weighted by atomic mass is 10.2. The van der Waals surface area contributed by atoms with Crippen molar-refractivity contribution in [2.75, 3.05) is 19.6 Å². The highest BCUT2D eigenvalue weighted by atomic mass is 32.2. The Balaban J connectivity index is 2.34. The Morgan fingerprint density at radius 2 is 2.15 bits per heavy atom. The van der Waals surface area contributed by atoms with Crippen LogP contribution in [0.2, 0.25) is 0 Å². The molecule has 1 heterocycles. The summed E-state index contributed by atoms with van der Waals surface area (Å²) in [6.45, 7) is 4.87. The second-order valence-electron chi connectivity index (χ2n) is 4.92. The molecule has 1 fully saturated rings. The summed E-state index contributed by atoms with van der Waals surface area (Å²) in [7, 11) is -3.59. The molecular formula is C12H17N3O4S. The second-order valence-corrected chi connectivity index (χ2v) is 6.86. The summed E-state index contributed by atoms with van der Waals surface area (Å²) in [5, 5.41) is 13.9. The van der Waals surface area contributed by atoms with E-state index in [-0.39, 0.29) is 16.6 Å². The molecule has 0 bridgehead atoms. The van der Waals surface area contributed by atoms with E-state index in [2.05, 4.69) is 5.32 Å². The molecule has 20 heavy (non-hydrogen) atoms.